The minimum absolute atomic E-state index is 0.0201. The van der Waals surface area contributed by atoms with Gasteiger partial charge in [0, 0.05) is 24.5 Å². The quantitative estimate of drug-likeness (QED) is 0.209. The molecule has 5 rings (SSSR count). The van der Waals surface area contributed by atoms with Crippen molar-refractivity contribution in [3.8, 4) is 11.5 Å². The Hall–Kier alpha value is -4.18. The topological polar surface area (TPSA) is 168 Å². The zero-order valence-electron chi connectivity index (χ0n) is 21.6. The Morgan fingerprint density at radius 1 is 0.951 bits per heavy atom. The molecule has 0 radical (unpaired) electrons. The average molecular weight is 619 g/mol. The molecule has 0 aliphatic carbocycles. The fraction of sp³-hybridized carbons (Fsp3) is 0.160. The van der Waals surface area contributed by atoms with E-state index in [9.17, 15) is 16.8 Å². The summed E-state index contributed by atoms with van der Waals surface area (Å²) in [5, 5.41) is 8.42. The van der Waals surface area contributed by atoms with Crippen molar-refractivity contribution in [2.24, 2.45) is 0 Å². The van der Waals surface area contributed by atoms with Gasteiger partial charge in [0.2, 0.25) is 10.0 Å². The lowest BCUT2D eigenvalue weighted by atomic mass is 10.1. The number of nitrogens with zero attached hydrogens (tertiary/aromatic N) is 4. The van der Waals surface area contributed by atoms with Crippen LogP contribution in [0.5, 0.6) is 11.5 Å². The van der Waals surface area contributed by atoms with Crippen molar-refractivity contribution >= 4 is 48.4 Å². The number of sulfonamides is 2. The van der Waals surface area contributed by atoms with Crippen LogP contribution in [0, 0.1) is 0 Å². The van der Waals surface area contributed by atoms with Crippen molar-refractivity contribution in [1.29, 1.82) is 0 Å². The summed E-state index contributed by atoms with van der Waals surface area (Å²) in [4.78, 5) is 3.62. The number of benzene rings is 2. The summed E-state index contributed by atoms with van der Waals surface area (Å²) < 4.78 is 73.9. The number of pyridine rings is 1. The summed E-state index contributed by atoms with van der Waals surface area (Å²) in [5.74, 6) is 0.455. The maximum absolute atomic E-state index is 13.1. The molecule has 0 bridgehead atoms. The molecule has 0 saturated carbocycles. The largest absolute Gasteiger partial charge is 0.496 e. The molecule has 5 aromatic rings. The Morgan fingerprint density at radius 3 is 2.46 bits per heavy atom. The van der Waals surface area contributed by atoms with E-state index < -0.39 is 20.0 Å². The summed E-state index contributed by atoms with van der Waals surface area (Å²) in [6.45, 7) is 0.254. The lowest BCUT2D eigenvalue weighted by Gasteiger charge is -2.11. The minimum Gasteiger partial charge on any atom is -0.496 e. The van der Waals surface area contributed by atoms with Gasteiger partial charge in [-0.05, 0) is 42.0 Å². The molecule has 0 fully saturated rings. The molecule has 41 heavy (non-hydrogen) atoms. The molecule has 214 valence electrons. The molecular formula is C25H23ClN6O7S2. The Morgan fingerprint density at radius 2 is 1.71 bits per heavy atom. The van der Waals surface area contributed by atoms with Crippen LogP contribution in [-0.2, 0) is 33.1 Å². The maximum Gasteiger partial charge on any atom is 0.266 e. The van der Waals surface area contributed by atoms with Gasteiger partial charge in [-0.1, -0.05) is 28.9 Å². The molecule has 0 aliphatic heterocycles. The Balaban J connectivity index is 1.34. The number of anilines is 1. The van der Waals surface area contributed by atoms with E-state index in [0.717, 1.165) is 0 Å². The highest BCUT2D eigenvalue weighted by atomic mass is 35.5. The Bertz CT molecular complexity index is 1940. The van der Waals surface area contributed by atoms with Crippen LogP contribution < -0.4 is 18.9 Å². The van der Waals surface area contributed by atoms with E-state index in [0.29, 0.717) is 22.3 Å². The normalized spacial score (nSPS) is 12.0. The summed E-state index contributed by atoms with van der Waals surface area (Å²) in [6, 6.07) is 12.4. The molecule has 3 aromatic heterocycles. The monoisotopic (exact) mass is 618 g/mol. The van der Waals surface area contributed by atoms with Gasteiger partial charge >= 0.3 is 0 Å². The molecule has 13 nitrogen and oxygen atoms in total. The molecule has 3 heterocycles. The first-order valence-electron chi connectivity index (χ1n) is 11.8. The van der Waals surface area contributed by atoms with Crippen molar-refractivity contribution in [3.63, 3.8) is 0 Å². The van der Waals surface area contributed by atoms with Crippen LogP contribution in [0.25, 0.3) is 11.0 Å². The molecule has 0 amide bonds. The summed E-state index contributed by atoms with van der Waals surface area (Å²) in [6.07, 6.45) is 4.61. The number of nitrogens with one attached hydrogen (secondary N) is 2. The van der Waals surface area contributed by atoms with E-state index in [1.807, 2.05) is 0 Å². The first kappa shape index (κ1) is 28.4. The lowest BCUT2D eigenvalue weighted by molar-refractivity contribution is 0.403. The van der Waals surface area contributed by atoms with Gasteiger partial charge in [0.05, 0.1) is 27.0 Å². The number of halogens is 1. The summed E-state index contributed by atoms with van der Waals surface area (Å²) in [5.41, 5.74) is 1.60. The molecule has 0 spiro atoms. The van der Waals surface area contributed by atoms with Crippen LogP contribution >= 0.6 is 11.6 Å². The molecule has 0 atom stereocenters. The predicted molar refractivity (Wildman–Crippen MR) is 149 cm³/mol. The summed E-state index contributed by atoms with van der Waals surface area (Å²) >= 11 is 5.92. The van der Waals surface area contributed by atoms with Gasteiger partial charge in [-0.2, -0.15) is 5.10 Å². The fourth-order valence-corrected chi connectivity index (χ4v) is 6.68. The standard InChI is InChI=1S/C25H23ClN6O7S2/c1-37-18-6-3-4-7-21(18)41(35,36)31-25-23-19(38-2)10-16(11-20(23)39-30-25)14-32-15-17(12-28-32)13-29-40(33,34)22-8-5-9-27-24(22)26/h3-12,15,29H,13-14H2,1-2H3,(H,30,31). The SMILES string of the molecule is COc1ccccc1S(=O)(=O)Nc1noc2cc(Cn3cc(CNS(=O)(=O)c4cccnc4Cl)cn3)cc(OC)c12. The maximum atomic E-state index is 13.1. The third kappa shape index (κ3) is 5.97. The van der Waals surface area contributed by atoms with Crippen molar-refractivity contribution in [3.05, 3.63) is 83.4 Å². The predicted octanol–water partition coefficient (Wildman–Crippen LogP) is 3.42. The van der Waals surface area contributed by atoms with Crippen molar-refractivity contribution in [2.45, 2.75) is 22.9 Å². The highest BCUT2D eigenvalue weighted by molar-refractivity contribution is 7.92. The van der Waals surface area contributed by atoms with E-state index in [1.54, 1.807) is 35.1 Å². The average Bonchev–Trinajstić information content (AvgIpc) is 3.58. The highest BCUT2D eigenvalue weighted by Crippen LogP contribution is 2.35. The first-order chi connectivity index (χ1) is 19.6. The van der Waals surface area contributed by atoms with E-state index in [-0.39, 0.29) is 45.2 Å². The van der Waals surface area contributed by atoms with E-state index in [2.05, 4.69) is 24.7 Å². The van der Waals surface area contributed by atoms with Crippen molar-refractivity contribution in [1.82, 2.24) is 24.6 Å². The molecule has 0 saturated heterocycles. The van der Waals surface area contributed by atoms with Gasteiger partial charge in [0.25, 0.3) is 10.0 Å². The second-order valence-electron chi connectivity index (χ2n) is 8.62. The number of hydrogen-bond acceptors (Lipinski definition) is 10. The zero-order valence-corrected chi connectivity index (χ0v) is 24.0. The zero-order chi connectivity index (χ0) is 29.2. The minimum atomic E-state index is -4.06. The number of hydrogen-bond donors (Lipinski definition) is 2. The van der Waals surface area contributed by atoms with E-state index >= 15 is 0 Å². The van der Waals surface area contributed by atoms with Crippen LogP contribution in [0.2, 0.25) is 5.15 Å². The smallest absolute Gasteiger partial charge is 0.266 e. The van der Waals surface area contributed by atoms with Crippen LogP contribution in [0.3, 0.4) is 0 Å². The lowest BCUT2D eigenvalue weighted by Crippen LogP contribution is -2.23. The molecular weight excluding hydrogens is 596 g/mol. The number of fused-ring (bicyclic) bond motifs is 1. The second kappa shape index (κ2) is 11.4. The van der Waals surface area contributed by atoms with Gasteiger partial charge in [-0.15, -0.1) is 0 Å². The molecule has 2 N–H and O–H groups in total. The number of rotatable bonds is 11. The van der Waals surface area contributed by atoms with E-state index in [1.165, 1.54) is 50.9 Å². The third-order valence-electron chi connectivity index (χ3n) is 5.92. The molecule has 0 aliphatic rings. The van der Waals surface area contributed by atoms with E-state index in [4.69, 9.17) is 25.6 Å². The van der Waals surface area contributed by atoms with Crippen LogP contribution in [0.4, 0.5) is 5.82 Å². The number of methoxy groups -OCH3 is 2. The fourth-order valence-electron chi connectivity index (χ4n) is 4.03. The number of ether oxygens (including phenoxy) is 2. The van der Waals surface area contributed by atoms with Gasteiger partial charge in [0.1, 0.15) is 31.8 Å². The highest BCUT2D eigenvalue weighted by Gasteiger charge is 2.24. The Kier molecular flexibility index (Phi) is 7.86. The van der Waals surface area contributed by atoms with Crippen molar-refractivity contribution < 1.29 is 30.8 Å². The summed E-state index contributed by atoms with van der Waals surface area (Å²) in [7, 11) is -5.12. The molecule has 16 heteroatoms. The van der Waals surface area contributed by atoms with Crippen LogP contribution in [-0.4, -0.2) is 51.0 Å². The Labute approximate surface area is 240 Å². The second-order valence-corrected chi connectivity index (χ2v) is 12.4. The molecule has 0 unspecified atom stereocenters. The van der Waals surface area contributed by atoms with Gasteiger partial charge < -0.3 is 14.0 Å². The van der Waals surface area contributed by atoms with Crippen LogP contribution in [0.1, 0.15) is 11.1 Å². The number of aromatic nitrogens is 4. The van der Waals surface area contributed by atoms with Gasteiger partial charge in [-0.3, -0.25) is 9.40 Å². The van der Waals surface area contributed by atoms with Crippen molar-refractivity contribution in [2.75, 3.05) is 18.9 Å². The van der Waals surface area contributed by atoms with Gasteiger partial charge in [-0.25, -0.2) is 26.5 Å². The number of para-hydroxylation sites is 1. The van der Waals surface area contributed by atoms with Crippen LogP contribution in [0.15, 0.2) is 81.4 Å². The third-order valence-corrected chi connectivity index (χ3v) is 9.14. The van der Waals surface area contributed by atoms with Gasteiger partial charge in [0.15, 0.2) is 11.4 Å². The molecule has 2 aromatic carbocycles. The first-order valence-corrected chi connectivity index (χ1v) is 15.2.